The van der Waals surface area contributed by atoms with Gasteiger partial charge < -0.3 is 15.1 Å². The van der Waals surface area contributed by atoms with E-state index in [1.807, 2.05) is 4.90 Å². The summed E-state index contributed by atoms with van der Waals surface area (Å²) in [5.74, 6) is -7.80. The molecule has 1 aromatic carbocycles. The molecule has 0 radical (unpaired) electrons. The number of aromatic nitrogens is 1. The second kappa shape index (κ2) is 10.4. The number of hydrogen-bond donors (Lipinski definition) is 1. The molecule has 3 rings (SSSR count). The molecule has 0 saturated carbocycles. The number of piperazine rings is 1. The number of amides is 2. The Bertz CT molecular complexity index is 977. The van der Waals surface area contributed by atoms with Crippen LogP contribution in [0.4, 0.5) is 23.4 Å². The summed E-state index contributed by atoms with van der Waals surface area (Å²) in [7, 11) is 0. The van der Waals surface area contributed by atoms with Gasteiger partial charge in [-0.2, -0.15) is 0 Å². The van der Waals surface area contributed by atoms with Crippen LogP contribution in [0.3, 0.4) is 0 Å². The minimum Gasteiger partial charge on any atom is -0.353 e. The number of pyridine rings is 1. The van der Waals surface area contributed by atoms with E-state index >= 15 is 0 Å². The summed E-state index contributed by atoms with van der Waals surface area (Å²) in [6.45, 7) is 3.68. The molecule has 1 aliphatic rings. The molecule has 172 valence electrons. The number of rotatable bonds is 7. The molecule has 1 saturated heterocycles. The lowest BCUT2D eigenvalue weighted by Gasteiger charge is -2.35. The lowest BCUT2D eigenvalue weighted by atomic mass is 10.1. The number of nitrogens with one attached hydrogen (secondary N) is 1. The molecule has 6 nitrogen and oxygen atoms in total. The van der Waals surface area contributed by atoms with Crippen LogP contribution in [0.15, 0.2) is 24.4 Å². The van der Waals surface area contributed by atoms with Crippen molar-refractivity contribution in [1.29, 1.82) is 0 Å². The van der Waals surface area contributed by atoms with E-state index in [0.717, 1.165) is 19.3 Å². The van der Waals surface area contributed by atoms with Gasteiger partial charge in [0.15, 0.2) is 23.3 Å². The van der Waals surface area contributed by atoms with Gasteiger partial charge in [-0.1, -0.05) is 19.8 Å². The SMILES string of the molecule is CCCCCNC(=O)c1ccc(N2CCN(C(=O)c3cc(F)c(F)c(F)c3F)CC2)nc1. The van der Waals surface area contributed by atoms with Crippen molar-refractivity contribution in [3.63, 3.8) is 0 Å². The molecule has 2 amide bonds. The molecule has 2 aromatic rings. The van der Waals surface area contributed by atoms with Crippen LogP contribution in [0.1, 0.15) is 46.9 Å². The third-order valence-electron chi connectivity index (χ3n) is 5.30. The van der Waals surface area contributed by atoms with Crippen molar-refractivity contribution in [3.05, 3.63) is 58.8 Å². The number of nitrogens with zero attached hydrogens (tertiary/aromatic N) is 3. The number of unbranched alkanes of at least 4 members (excludes halogenated alkanes) is 2. The summed E-state index contributed by atoms with van der Waals surface area (Å²) >= 11 is 0. The first-order chi connectivity index (χ1) is 15.3. The number of halogens is 4. The van der Waals surface area contributed by atoms with Gasteiger partial charge in [-0.3, -0.25) is 9.59 Å². The molecule has 1 fully saturated rings. The predicted molar refractivity (Wildman–Crippen MR) is 110 cm³/mol. The Morgan fingerprint density at radius 3 is 2.34 bits per heavy atom. The van der Waals surface area contributed by atoms with Gasteiger partial charge in [0.2, 0.25) is 0 Å². The van der Waals surface area contributed by atoms with Gasteiger partial charge in [0.1, 0.15) is 5.82 Å². The lowest BCUT2D eigenvalue weighted by molar-refractivity contribution is 0.0739. The predicted octanol–water partition coefficient (Wildman–Crippen LogP) is 3.52. The van der Waals surface area contributed by atoms with E-state index in [4.69, 9.17) is 0 Å². The fourth-order valence-corrected chi connectivity index (χ4v) is 3.42. The van der Waals surface area contributed by atoms with Crippen LogP contribution in [-0.4, -0.2) is 54.4 Å². The quantitative estimate of drug-likeness (QED) is 0.302. The van der Waals surface area contributed by atoms with Crippen molar-refractivity contribution in [2.24, 2.45) is 0 Å². The van der Waals surface area contributed by atoms with Gasteiger partial charge in [-0.25, -0.2) is 22.5 Å². The molecular formula is C22H24F4N4O2. The summed E-state index contributed by atoms with van der Waals surface area (Å²) in [4.78, 5) is 32.0. The Kier molecular flexibility index (Phi) is 7.66. The number of carbonyl (C=O) groups excluding carboxylic acids is 2. The second-order valence-electron chi connectivity index (χ2n) is 7.50. The molecule has 0 spiro atoms. The van der Waals surface area contributed by atoms with Crippen LogP contribution in [0.25, 0.3) is 0 Å². The summed E-state index contributed by atoms with van der Waals surface area (Å²) in [6, 6.07) is 3.73. The average molecular weight is 452 g/mol. The van der Waals surface area contributed by atoms with Crippen LogP contribution in [-0.2, 0) is 0 Å². The average Bonchev–Trinajstić information content (AvgIpc) is 2.82. The molecule has 1 aliphatic heterocycles. The number of hydrogen-bond acceptors (Lipinski definition) is 4. The van der Waals surface area contributed by atoms with E-state index in [0.29, 0.717) is 37.1 Å². The van der Waals surface area contributed by atoms with E-state index in [1.165, 1.54) is 11.1 Å². The highest BCUT2D eigenvalue weighted by molar-refractivity contribution is 5.95. The number of anilines is 1. The standard InChI is InChI=1S/C22H24F4N4O2/c1-2-3-4-7-27-21(31)14-5-6-17(28-13-14)29-8-10-30(11-9-29)22(32)15-12-16(23)19(25)20(26)18(15)24/h5-6,12-13H,2-4,7-11H2,1H3,(H,27,31). The molecule has 1 N–H and O–H groups in total. The maximum absolute atomic E-state index is 13.9. The van der Waals surface area contributed by atoms with Crippen molar-refractivity contribution in [2.45, 2.75) is 26.2 Å². The zero-order valence-corrected chi connectivity index (χ0v) is 17.6. The van der Waals surface area contributed by atoms with Crippen molar-refractivity contribution < 1.29 is 27.2 Å². The third kappa shape index (κ3) is 5.17. The highest BCUT2D eigenvalue weighted by Gasteiger charge is 2.28. The van der Waals surface area contributed by atoms with Crippen molar-refractivity contribution in [3.8, 4) is 0 Å². The minimum absolute atomic E-state index is 0.153. The molecule has 0 aliphatic carbocycles. The van der Waals surface area contributed by atoms with E-state index in [1.54, 1.807) is 12.1 Å². The Morgan fingerprint density at radius 2 is 1.72 bits per heavy atom. The van der Waals surface area contributed by atoms with Crippen LogP contribution < -0.4 is 10.2 Å². The van der Waals surface area contributed by atoms with Gasteiger partial charge in [0.25, 0.3) is 11.8 Å². The molecule has 0 atom stereocenters. The Morgan fingerprint density at radius 1 is 1.00 bits per heavy atom. The summed E-state index contributed by atoms with van der Waals surface area (Å²) < 4.78 is 53.9. The minimum atomic E-state index is -2.01. The maximum Gasteiger partial charge on any atom is 0.257 e. The normalized spacial score (nSPS) is 13.9. The largest absolute Gasteiger partial charge is 0.353 e. The van der Waals surface area contributed by atoms with E-state index in [-0.39, 0.29) is 19.0 Å². The monoisotopic (exact) mass is 452 g/mol. The first-order valence-corrected chi connectivity index (χ1v) is 10.4. The number of benzene rings is 1. The van der Waals surface area contributed by atoms with E-state index < -0.39 is 34.7 Å². The summed E-state index contributed by atoms with van der Waals surface area (Å²) in [5.41, 5.74) is -0.405. The summed E-state index contributed by atoms with van der Waals surface area (Å²) in [6.07, 6.45) is 4.50. The highest BCUT2D eigenvalue weighted by Crippen LogP contribution is 2.21. The molecule has 0 bridgehead atoms. The van der Waals surface area contributed by atoms with Crippen LogP contribution >= 0.6 is 0 Å². The fraction of sp³-hybridized carbons (Fsp3) is 0.409. The number of carbonyl (C=O) groups is 2. The molecule has 2 heterocycles. The first kappa shape index (κ1) is 23.5. The first-order valence-electron chi connectivity index (χ1n) is 10.4. The topological polar surface area (TPSA) is 65.5 Å². The van der Waals surface area contributed by atoms with Crippen molar-refractivity contribution >= 4 is 17.6 Å². The molecule has 0 unspecified atom stereocenters. The summed E-state index contributed by atoms with van der Waals surface area (Å²) in [5, 5.41) is 2.84. The van der Waals surface area contributed by atoms with Gasteiger partial charge in [0, 0.05) is 38.9 Å². The van der Waals surface area contributed by atoms with Gasteiger partial charge in [-0.15, -0.1) is 0 Å². The van der Waals surface area contributed by atoms with Crippen LogP contribution in [0.2, 0.25) is 0 Å². The Balaban J connectivity index is 1.58. The molecule has 1 aromatic heterocycles. The smallest absolute Gasteiger partial charge is 0.257 e. The highest BCUT2D eigenvalue weighted by atomic mass is 19.2. The zero-order valence-electron chi connectivity index (χ0n) is 17.6. The zero-order chi connectivity index (χ0) is 23.3. The molecular weight excluding hydrogens is 428 g/mol. The van der Waals surface area contributed by atoms with Gasteiger partial charge >= 0.3 is 0 Å². The lowest BCUT2D eigenvalue weighted by Crippen LogP contribution is -2.49. The van der Waals surface area contributed by atoms with Crippen LogP contribution in [0.5, 0.6) is 0 Å². The Hall–Kier alpha value is -3.17. The van der Waals surface area contributed by atoms with Crippen LogP contribution in [0, 0.1) is 23.3 Å². The maximum atomic E-state index is 13.9. The second-order valence-corrected chi connectivity index (χ2v) is 7.50. The molecule has 10 heteroatoms. The van der Waals surface area contributed by atoms with E-state index in [2.05, 4.69) is 17.2 Å². The third-order valence-corrected chi connectivity index (χ3v) is 5.30. The van der Waals surface area contributed by atoms with Crippen molar-refractivity contribution in [2.75, 3.05) is 37.6 Å². The van der Waals surface area contributed by atoms with Crippen molar-refractivity contribution in [1.82, 2.24) is 15.2 Å². The fourth-order valence-electron chi connectivity index (χ4n) is 3.42. The Labute approximate surface area is 183 Å². The van der Waals surface area contributed by atoms with Gasteiger partial charge in [0.05, 0.1) is 11.1 Å². The molecule has 32 heavy (non-hydrogen) atoms. The van der Waals surface area contributed by atoms with E-state index in [9.17, 15) is 27.2 Å². The van der Waals surface area contributed by atoms with Gasteiger partial charge in [-0.05, 0) is 24.6 Å².